The Balaban J connectivity index is 2.35. The molecule has 0 aromatic heterocycles. The number of rotatable bonds is 4. The maximum absolute atomic E-state index is 4.49. The summed E-state index contributed by atoms with van der Waals surface area (Å²) < 4.78 is 0. The van der Waals surface area contributed by atoms with Gasteiger partial charge in [-0.1, -0.05) is 11.8 Å². The summed E-state index contributed by atoms with van der Waals surface area (Å²) in [5.41, 5.74) is 0. The van der Waals surface area contributed by atoms with Crippen LogP contribution in [0.2, 0.25) is 0 Å². The third-order valence-corrected chi connectivity index (χ3v) is 3.08. The first-order valence-corrected chi connectivity index (χ1v) is 5.80. The van der Waals surface area contributed by atoms with Gasteiger partial charge in [-0.3, -0.25) is 14.8 Å². The van der Waals surface area contributed by atoms with Crippen molar-refractivity contribution in [3.63, 3.8) is 0 Å². The summed E-state index contributed by atoms with van der Waals surface area (Å²) in [5.74, 6) is 1.00. The summed E-state index contributed by atoms with van der Waals surface area (Å²) in [7, 11) is 8.34. The molecule has 5 heteroatoms. The fourth-order valence-corrected chi connectivity index (χ4v) is 2.15. The van der Waals surface area contributed by atoms with E-state index in [1.54, 1.807) is 0 Å². The van der Waals surface area contributed by atoms with Gasteiger partial charge in [0.05, 0.1) is 19.1 Å². The number of hydrogen-bond donors (Lipinski definition) is 0. The van der Waals surface area contributed by atoms with E-state index < -0.39 is 0 Å². The van der Waals surface area contributed by atoms with Crippen molar-refractivity contribution >= 4 is 16.9 Å². The van der Waals surface area contributed by atoms with Crippen LogP contribution in [-0.2, 0) is 0 Å². The summed E-state index contributed by atoms with van der Waals surface area (Å²) in [4.78, 5) is 11.2. The molecule has 0 atom stereocenters. The summed E-state index contributed by atoms with van der Waals surface area (Å²) >= 11 is 1.82. The molecule has 14 heavy (non-hydrogen) atoms. The second kappa shape index (κ2) is 5.58. The summed E-state index contributed by atoms with van der Waals surface area (Å²) in [6, 6.07) is 0. The average molecular weight is 216 g/mol. The molecule has 82 valence electrons. The first kappa shape index (κ1) is 11.8. The maximum Gasteiger partial charge on any atom is 0.161 e. The number of aliphatic imine (C=N–C) groups is 1. The van der Waals surface area contributed by atoms with E-state index in [9.17, 15) is 0 Å². The van der Waals surface area contributed by atoms with Gasteiger partial charge in [0, 0.05) is 6.54 Å². The minimum absolute atomic E-state index is 0.948. The van der Waals surface area contributed by atoms with E-state index in [-0.39, 0.29) is 0 Å². The van der Waals surface area contributed by atoms with E-state index in [4.69, 9.17) is 0 Å². The SMILES string of the molecule is CN(C)CSC1=NCCN1CN(C)C. The van der Waals surface area contributed by atoms with Crippen LogP contribution in [0.4, 0.5) is 0 Å². The molecule has 0 amide bonds. The van der Waals surface area contributed by atoms with Crippen LogP contribution in [0.5, 0.6) is 0 Å². The second-order valence-electron chi connectivity index (χ2n) is 4.00. The molecule has 0 spiro atoms. The van der Waals surface area contributed by atoms with Crippen molar-refractivity contribution in [3.8, 4) is 0 Å². The molecule has 0 aliphatic carbocycles. The summed E-state index contributed by atoms with van der Waals surface area (Å²) in [6.07, 6.45) is 0. The van der Waals surface area contributed by atoms with Crippen molar-refractivity contribution in [2.24, 2.45) is 4.99 Å². The van der Waals surface area contributed by atoms with Crippen LogP contribution in [0, 0.1) is 0 Å². The van der Waals surface area contributed by atoms with Gasteiger partial charge in [-0.25, -0.2) is 0 Å². The Morgan fingerprint density at radius 2 is 2.00 bits per heavy atom. The second-order valence-corrected chi connectivity index (χ2v) is 4.91. The number of amidine groups is 1. The van der Waals surface area contributed by atoms with E-state index in [2.05, 4.69) is 47.9 Å². The third-order valence-electron chi connectivity index (χ3n) is 1.79. The average Bonchev–Trinajstić information content (AvgIpc) is 2.47. The third kappa shape index (κ3) is 3.86. The van der Waals surface area contributed by atoms with Crippen molar-refractivity contribution < 1.29 is 0 Å². The van der Waals surface area contributed by atoms with Crippen molar-refractivity contribution in [1.29, 1.82) is 0 Å². The fourth-order valence-electron chi connectivity index (χ4n) is 1.26. The molecule has 1 aliphatic rings. The van der Waals surface area contributed by atoms with E-state index in [0.29, 0.717) is 0 Å². The first-order chi connectivity index (χ1) is 6.59. The Bertz CT molecular complexity index is 203. The van der Waals surface area contributed by atoms with Crippen LogP contribution in [0.25, 0.3) is 0 Å². The highest BCUT2D eigenvalue weighted by Crippen LogP contribution is 2.14. The molecular formula is C9H20N4S. The van der Waals surface area contributed by atoms with Gasteiger partial charge in [0.2, 0.25) is 0 Å². The van der Waals surface area contributed by atoms with E-state index in [1.165, 1.54) is 5.17 Å². The monoisotopic (exact) mass is 216 g/mol. The lowest BCUT2D eigenvalue weighted by Crippen LogP contribution is -2.35. The van der Waals surface area contributed by atoms with Crippen LogP contribution in [0.3, 0.4) is 0 Å². The molecule has 0 N–H and O–H groups in total. The summed E-state index contributed by atoms with van der Waals surface area (Å²) in [5, 5.41) is 1.19. The predicted octanol–water partition coefficient (Wildman–Crippen LogP) is 0.429. The zero-order valence-electron chi connectivity index (χ0n) is 9.53. The van der Waals surface area contributed by atoms with Crippen molar-refractivity contribution in [2.45, 2.75) is 0 Å². The smallest absolute Gasteiger partial charge is 0.161 e. The zero-order chi connectivity index (χ0) is 10.6. The van der Waals surface area contributed by atoms with Crippen LogP contribution < -0.4 is 0 Å². The highest BCUT2D eigenvalue weighted by atomic mass is 32.2. The Kier molecular flexibility index (Phi) is 4.71. The number of hydrogen-bond acceptors (Lipinski definition) is 5. The van der Waals surface area contributed by atoms with Gasteiger partial charge in [-0.2, -0.15) is 0 Å². The highest BCUT2D eigenvalue weighted by Gasteiger charge is 2.17. The molecule has 0 saturated heterocycles. The minimum atomic E-state index is 0.948. The van der Waals surface area contributed by atoms with Crippen LogP contribution in [0.15, 0.2) is 4.99 Å². The highest BCUT2D eigenvalue weighted by molar-refractivity contribution is 8.13. The quantitative estimate of drug-likeness (QED) is 0.635. The molecule has 4 nitrogen and oxygen atoms in total. The Hall–Kier alpha value is -0.260. The molecule has 0 saturated carbocycles. The van der Waals surface area contributed by atoms with Gasteiger partial charge >= 0.3 is 0 Å². The van der Waals surface area contributed by atoms with Crippen molar-refractivity contribution in [3.05, 3.63) is 0 Å². The normalized spacial score (nSPS) is 17.0. The Labute approximate surface area is 91.0 Å². The van der Waals surface area contributed by atoms with E-state index in [1.807, 2.05) is 11.8 Å². The molecule has 1 heterocycles. The lowest BCUT2D eigenvalue weighted by molar-refractivity contribution is 0.275. The maximum atomic E-state index is 4.49. The Morgan fingerprint density at radius 1 is 1.29 bits per heavy atom. The molecular weight excluding hydrogens is 196 g/mol. The number of nitrogens with zero attached hydrogens (tertiary/aromatic N) is 4. The van der Waals surface area contributed by atoms with Gasteiger partial charge in [-0.05, 0) is 28.2 Å². The molecule has 0 aromatic rings. The Morgan fingerprint density at radius 3 is 2.57 bits per heavy atom. The predicted molar refractivity (Wildman–Crippen MR) is 63.7 cm³/mol. The van der Waals surface area contributed by atoms with E-state index >= 15 is 0 Å². The standard InChI is InChI=1S/C9H20N4S/c1-11(2)7-13-6-5-10-9(13)14-8-12(3)4/h5-8H2,1-4H3. The topological polar surface area (TPSA) is 22.1 Å². The lowest BCUT2D eigenvalue weighted by Gasteiger charge is -2.24. The van der Waals surface area contributed by atoms with Crippen molar-refractivity contribution in [2.75, 3.05) is 53.8 Å². The van der Waals surface area contributed by atoms with Crippen molar-refractivity contribution in [1.82, 2.24) is 14.7 Å². The van der Waals surface area contributed by atoms with Gasteiger partial charge in [0.15, 0.2) is 5.17 Å². The van der Waals surface area contributed by atoms with Gasteiger partial charge in [0.1, 0.15) is 0 Å². The van der Waals surface area contributed by atoms with Gasteiger partial charge in [0.25, 0.3) is 0 Å². The fraction of sp³-hybridized carbons (Fsp3) is 0.889. The van der Waals surface area contributed by atoms with Crippen LogP contribution >= 0.6 is 11.8 Å². The largest absolute Gasteiger partial charge is 0.337 e. The molecule has 0 bridgehead atoms. The lowest BCUT2D eigenvalue weighted by atomic mass is 10.6. The van der Waals surface area contributed by atoms with Crippen LogP contribution in [-0.4, -0.2) is 73.7 Å². The van der Waals surface area contributed by atoms with Gasteiger partial charge in [-0.15, -0.1) is 0 Å². The molecule has 0 radical (unpaired) electrons. The molecule has 0 fully saturated rings. The summed E-state index contributed by atoms with van der Waals surface area (Å²) in [6.45, 7) is 2.98. The van der Waals surface area contributed by atoms with Gasteiger partial charge < -0.3 is 4.90 Å². The zero-order valence-corrected chi connectivity index (χ0v) is 10.3. The first-order valence-electron chi connectivity index (χ1n) is 4.81. The van der Waals surface area contributed by atoms with E-state index in [0.717, 1.165) is 25.6 Å². The minimum Gasteiger partial charge on any atom is -0.337 e. The molecule has 1 aliphatic heterocycles. The molecule has 1 rings (SSSR count). The number of thioether (sulfide) groups is 1. The van der Waals surface area contributed by atoms with Crippen LogP contribution in [0.1, 0.15) is 0 Å². The molecule has 0 unspecified atom stereocenters. The molecule has 0 aromatic carbocycles.